The van der Waals surface area contributed by atoms with Gasteiger partial charge >= 0.3 is 0 Å². The maximum absolute atomic E-state index is 12.9. The van der Waals surface area contributed by atoms with Gasteiger partial charge in [0.1, 0.15) is 5.82 Å². The molecule has 0 fully saturated rings. The van der Waals surface area contributed by atoms with Crippen LogP contribution in [0.25, 0.3) is 5.69 Å². The molecule has 3 rings (SSSR count). The molecule has 0 bridgehead atoms. The Labute approximate surface area is 136 Å². The van der Waals surface area contributed by atoms with Crippen molar-refractivity contribution >= 4 is 23.2 Å². The summed E-state index contributed by atoms with van der Waals surface area (Å²) < 4.78 is 14.4. The minimum absolute atomic E-state index is 0.175. The van der Waals surface area contributed by atoms with E-state index in [9.17, 15) is 9.18 Å². The molecule has 116 valence electrons. The monoisotopic (exact) mass is 330 g/mol. The molecule has 7 heteroatoms. The third-order valence-electron chi connectivity index (χ3n) is 3.29. The summed E-state index contributed by atoms with van der Waals surface area (Å²) in [5.74, 6) is -0.795. The molecular weight excluding hydrogens is 319 g/mol. The molecule has 0 saturated carbocycles. The van der Waals surface area contributed by atoms with Gasteiger partial charge in [-0.15, -0.1) is 5.10 Å². The fourth-order valence-corrected chi connectivity index (χ4v) is 2.33. The molecule has 2 aromatic carbocycles. The summed E-state index contributed by atoms with van der Waals surface area (Å²) in [4.78, 5) is 12.3. The van der Waals surface area contributed by atoms with Crippen LogP contribution >= 0.6 is 11.6 Å². The minimum Gasteiger partial charge on any atom is -0.321 e. The smallest absolute Gasteiger partial charge is 0.278 e. The van der Waals surface area contributed by atoms with E-state index in [1.54, 1.807) is 25.1 Å². The van der Waals surface area contributed by atoms with E-state index in [1.807, 2.05) is 6.07 Å². The van der Waals surface area contributed by atoms with Crippen LogP contribution in [0.3, 0.4) is 0 Å². The molecule has 0 unspecified atom stereocenters. The fraction of sp³-hybridized carbons (Fsp3) is 0.0625. The Kier molecular flexibility index (Phi) is 4.08. The number of benzene rings is 2. The lowest BCUT2D eigenvalue weighted by Gasteiger charge is -2.06. The van der Waals surface area contributed by atoms with Gasteiger partial charge in [0.05, 0.1) is 16.4 Å². The van der Waals surface area contributed by atoms with E-state index in [-0.39, 0.29) is 11.5 Å². The number of amides is 1. The number of carbonyl (C=O) groups is 1. The summed E-state index contributed by atoms with van der Waals surface area (Å²) in [7, 11) is 0. The Morgan fingerprint density at radius 2 is 1.87 bits per heavy atom. The van der Waals surface area contributed by atoms with Crippen molar-refractivity contribution in [3.63, 3.8) is 0 Å². The summed E-state index contributed by atoms with van der Waals surface area (Å²) in [5, 5.41) is 11.1. The Morgan fingerprint density at radius 1 is 1.17 bits per heavy atom. The molecule has 0 aliphatic carbocycles. The van der Waals surface area contributed by atoms with Crippen LogP contribution in [0.4, 0.5) is 10.1 Å². The van der Waals surface area contributed by atoms with Gasteiger partial charge in [0.2, 0.25) is 0 Å². The van der Waals surface area contributed by atoms with Gasteiger partial charge in [-0.05, 0) is 43.3 Å². The zero-order valence-electron chi connectivity index (χ0n) is 12.1. The third kappa shape index (κ3) is 3.07. The van der Waals surface area contributed by atoms with Crippen LogP contribution in [0, 0.1) is 12.7 Å². The second-order valence-electron chi connectivity index (χ2n) is 4.85. The second-order valence-corrected chi connectivity index (χ2v) is 5.25. The number of aromatic nitrogens is 3. The Balaban J connectivity index is 1.88. The van der Waals surface area contributed by atoms with Crippen molar-refractivity contribution in [2.24, 2.45) is 0 Å². The molecule has 0 atom stereocenters. The normalized spacial score (nSPS) is 10.6. The standard InChI is InChI=1S/C16H12ClFN4O/c1-10-15(16(23)19-12-8-6-11(18)7-9-12)20-21-22(10)14-5-3-2-4-13(14)17/h2-9H,1H3,(H,19,23). The first kappa shape index (κ1) is 15.2. The Hall–Kier alpha value is -2.73. The van der Waals surface area contributed by atoms with Crippen molar-refractivity contribution in [1.29, 1.82) is 0 Å². The number of para-hydroxylation sites is 1. The molecular formula is C16H12ClFN4O. The largest absolute Gasteiger partial charge is 0.321 e. The summed E-state index contributed by atoms with van der Waals surface area (Å²) in [5.41, 5.74) is 1.84. The number of nitrogens with zero attached hydrogens (tertiary/aromatic N) is 3. The first-order chi connectivity index (χ1) is 11.1. The zero-order valence-corrected chi connectivity index (χ0v) is 12.9. The van der Waals surface area contributed by atoms with E-state index >= 15 is 0 Å². The summed E-state index contributed by atoms with van der Waals surface area (Å²) in [6, 6.07) is 12.6. The van der Waals surface area contributed by atoms with Gasteiger partial charge in [-0.25, -0.2) is 9.07 Å². The fourth-order valence-electron chi connectivity index (χ4n) is 2.11. The van der Waals surface area contributed by atoms with Gasteiger partial charge in [0, 0.05) is 5.69 Å². The van der Waals surface area contributed by atoms with Gasteiger partial charge in [-0.3, -0.25) is 4.79 Å². The van der Waals surface area contributed by atoms with Crippen LogP contribution in [0.15, 0.2) is 48.5 Å². The molecule has 0 saturated heterocycles. The highest BCUT2D eigenvalue weighted by atomic mass is 35.5. The van der Waals surface area contributed by atoms with E-state index in [0.717, 1.165) is 0 Å². The molecule has 1 heterocycles. The molecule has 1 amide bonds. The first-order valence-electron chi connectivity index (χ1n) is 6.80. The van der Waals surface area contributed by atoms with Crippen molar-refractivity contribution < 1.29 is 9.18 Å². The quantitative estimate of drug-likeness (QED) is 0.798. The molecule has 0 spiro atoms. The van der Waals surface area contributed by atoms with Gasteiger partial charge in [0.25, 0.3) is 5.91 Å². The molecule has 0 radical (unpaired) electrons. The highest BCUT2D eigenvalue weighted by Crippen LogP contribution is 2.21. The van der Waals surface area contributed by atoms with E-state index < -0.39 is 5.91 Å². The number of halogens is 2. The Morgan fingerprint density at radius 3 is 2.57 bits per heavy atom. The van der Waals surface area contributed by atoms with Gasteiger partial charge in [0.15, 0.2) is 5.69 Å². The number of hydrogen-bond acceptors (Lipinski definition) is 3. The molecule has 1 aromatic heterocycles. The predicted molar refractivity (Wildman–Crippen MR) is 85.5 cm³/mol. The van der Waals surface area contributed by atoms with Crippen LogP contribution in [0.5, 0.6) is 0 Å². The number of hydrogen-bond donors (Lipinski definition) is 1. The maximum atomic E-state index is 12.9. The average molecular weight is 331 g/mol. The van der Waals surface area contributed by atoms with Gasteiger partial charge in [-0.2, -0.15) is 0 Å². The second kappa shape index (κ2) is 6.18. The van der Waals surface area contributed by atoms with Crippen molar-refractivity contribution in [2.45, 2.75) is 6.92 Å². The number of rotatable bonds is 3. The lowest BCUT2D eigenvalue weighted by Crippen LogP contribution is -2.14. The lowest BCUT2D eigenvalue weighted by atomic mass is 10.2. The van der Waals surface area contributed by atoms with Crippen LogP contribution in [0.2, 0.25) is 5.02 Å². The van der Waals surface area contributed by atoms with E-state index in [2.05, 4.69) is 15.6 Å². The summed E-state index contributed by atoms with van der Waals surface area (Å²) in [6.07, 6.45) is 0. The average Bonchev–Trinajstić information content (AvgIpc) is 2.92. The summed E-state index contributed by atoms with van der Waals surface area (Å²) >= 11 is 6.14. The molecule has 23 heavy (non-hydrogen) atoms. The topological polar surface area (TPSA) is 59.8 Å². The van der Waals surface area contributed by atoms with E-state index in [1.165, 1.54) is 28.9 Å². The molecule has 0 aliphatic heterocycles. The summed E-state index contributed by atoms with van der Waals surface area (Å²) in [6.45, 7) is 1.73. The van der Waals surface area contributed by atoms with Crippen LogP contribution in [0.1, 0.15) is 16.2 Å². The van der Waals surface area contributed by atoms with Crippen molar-refractivity contribution in [2.75, 3.05) is 5.32 Å². The number of carbonyl (C=O) groups excluding carboxylic acids is 1. The number of nitrogens with one attached hydrogen (secondary N) is 1. The highest BCUT2D eigenvalue weighted by Gasteiger charge is 2.18. The lowest BCUT2D eigenvalue weighted by molar-refractivity contribution is 0.102. The molecule has 0 aliphatic rings. The van der Waals surface area contributed by atoms with Crippen LogP contribution < -0.4 is 5.32 Å². The third-order valence-corrected chi connectivity index (χ3v) is 3.61. The molecule has 3 aromatic rings. The Bertz CT molecular complexity index is 861. The first-order valence-corrected chi connectivity index (χ1v) is 7.18. The van der Waals surface area contributed by atoms with Crippen LogP contribution in [-0.2, 0) is 0 Å². The minimum atomic E-state index is -0.424. The van der Waals surface area contributed by atoms with Crippen molar-refractivity contribution in [1.82, 2.24) is 15.0 Å². The number of anilines is 1. The van der Waals surface area contributed by atoms with E-state index in [0.29, 0.717) is 22.1 Å². The maximum Gasteiger partial charge on any atom is 0.278 e. The van der Waals surface area contributed by atoms with E-state index in [4.69, 9.17) is 11.6 Å². The van der Waals surface area contributed by atoms with Crippen LogP contribution in [-0.4, -0.2) is 20.9 Å². The van der Waals surface area contributed by atoms with Gasteiger partial charge in [-0.1, -0.05) is 28.9 Å². The zero-order chi connectivity index (χ0) is 16.4. The molecule has 1 N–H and O–H groups in total. The van der Waals surface area contributed by atoms with Crippen molar-refractivity contribution in [3.8, 4) is 5.69 Å². The highest BCUT2D eigenvalue weighted by molar-refractivity contribution is 6.32. The predicted octanol–water partition coefficient (Wildman–Crippen LogP) is 3.62. The van der Waals surface area contributed by atoms with Crippen molar-refractivity contribution in [3.05, 3.63) is 70.8 Å². The van der Waals surface area contributed by atoms with Gasteiger partial charge < -0.3 is 5.32 Å². The SMILES string of the molecule is Cc1c(C(=O)Nc2ccc(F)cc2)nnn1-c1ccccc1Cl. The molecule has 5 nitrogen and oxygen atoms in total.